The van der Waals surface area contributed by atoms with E-state index in [-0.39, 0.29) is 23.9 Å². The van der Waals surface area contributed by atoms with Gasteiger partial charge in [0.15, 0.2) is 5.17 Å². The van der Waals surface area contributed by atoms with Crippen LogP contribution in [0.2, 0.25) is 0 Å². The summed E-state index contributed by atoms with van der Waals surface area (Å²) in [4.78, 5) is 31.0. The predicted molar refractivity (Wildman–Crippen MR) is 113 cm³/mol. The largest absolute Gasteiger partial charge is 0.495 e. The van der Waals surface area contributed by atoms with E-state index in [0.29, 0.717) is 23.1 Å². The van der Waals surface area contributed by atoms with Crippen LogP contribution in [0.1, 0.15) is 18.9 Å². The van der Waals surface area contributed by atoms with Crippen LogP contribution < -0.4 is 10.1 Å². The van der Waals surface area contributed by atoms with Crippen molar-refractivity contribution in [3.05, 3.63) is 53.8 Å². The van der Waals surface area contributed by atoms with Crippen LogP contribution in [0.4, 0.5) is 15.8 Å². The second-order valence-electron chi connectivity index (χ2n) is 6.49. The molecule has 8 heteroatoms. The van der Waals surface area contributed by atoms with Gasteiger partial charge in [-0.1, -0.05) is 30.0 Å². The summed E-state index contributed by atoms with van der Waals surface area (Å²) in [5, 5.41) is 2.59. The van der Waals surface area contributed by atoms with E-state index < -0.39 is 11.1 Å². The van der Waals surface area contributed by atoms with Crippen molar-refractivity contribution in [2.45, 2.75) is 25.5 Å². The Bertz CT molecular complexity index is 964. The number of para-hydroxylation sites is 1. The zero-order chi connectivity index (χ0) is 21.0. The number of carbonyl (C=O) groups excluding carboxylic acids is 2. The van der Waals surface area contributed by atoms with E-state index in [0.717, 1.165) is 5.56 Å². The quantitative estimate of drug-likeness (QED) is 0.770. The molecule has 2 aromatic rings. The molecule has 1 atom stereocenters. The summed E-state index contributed by atoms with van der Waals surface area (Å²) in [5.74, 6) is -0.426. The molecule has 1 aliphatic rings. The Hall–Kier alpha value is -2.87. The van der Waals surface area contributed by atoms with E-state index in [1.807, 2.05) is 26.0 Å². The van der Waals surface area contributed by atoms with Gasteiger partial charge in [-0.3, -0.25) is 14.5 Å². The lowest BCUT2D eigenvalue weighted by atomic mass is 10.2. The molecule has 0 aliphatic carbocycles. The van der Waals surface area contributed by atoms with Gasteiger partial charge >= 0.3 is 0 Å². The zero-order valence-electron chi connectivity index (χ0n) is 16.4. The van der Waals surface area contributed by atoms with E-state index in [2.05, 4.69) is 10.3 Å². The number of methoxy groups -OCH3 is 1. The first kappa shape index (κ1) is 20.9. The van der Waals surface area contributed by atoms with Gasteiger partial charge in [0, 0.05) is 13.0 Å². The number of aryl methyl sites for hydroxylation is 1. The summed E-state index contributed by atoms with van der Waals surface area (Å²) < 4.78 is 19.2. The maximum Gasteiger partial charge on any atom is 0.242 e. The van der Waals surface area contributed by atoms with Gasteiger partial charge in [0.1, 0.15) is 22.5 Å². The monoisotopic (exact) mass is 415 g/mol. The van der Waals surface area contributed by atoms with Gasteiger partial charge in [-0.25, -0.2) is 9.38 Å². The number of ether oxygens (including phenoxy) is 1. The van der Waals surface area contributed by atoms with Gasteiger partial charge in [0.05, 0.1) is 12.8 Å². The van der Waals surface area contributed by atoms with Crippen molar-refractivity contribution >= 4 is 40.1 Å². The third kappa shape index (κ3) is 4.76. The second kappa shape index (κ2) is 9.09. The Morgan fingerprint density at radius 3 is 2.76 bits per heavy atom. The van der Waals surface area contributed by atoms with E-state index >= 15 is 0 Å². The highest BCUT2D eigenvalue weighted by atomic mass is 32.2. The molecule has 3 rings (SSSR count). The van der Waals surface area contributed by atoms with Gasteiger partial charge in [-0.15, -0.1) is 0 Å². The number of nitrogens with zero attached hydrogens (tertiary/aromatic N) is 2. The van der Waals surface area contributed by atoms with Gasteiger partial charge in [-0.05, 0) is 43.7 Å². The van der Waals surface area contributed by atoms with Crippen LogP contribution in [-0.4, -0.2) is 40.8 Å². The third-order valence-electron chi connectivity index (χ3n) is 4.40. The number of amides is 2. The Morgan fingerprint density at radius 1 is 1.31 bits per heavy atom. The molecule has 0 spiro atoms. The Labute approximate surface area is 173 Å². The van der Waals surface area contributed by atoms with Crippen LogP contribution in [0.25, 0.3) is 0 Å². The number of rotatable bonds is 6. The summed E-state index contributed by atoms with van der Waals surface area (Å²) in [6, 6.07) is 11.6. The molecule has 0 aromatic heterocycles. The first-order valence-electron chi connectivity index (χ1n) is 9.18. The van der Waals surface area contributed by atoms with E-state index in [4.69, 9.17) is 4.74 Å². The first-order chi connectivity index (χ1) is 13.9. The topological polar surface area (TPSA) is 71.0 Å². The molecule has 1 heterocycles. The SMILES string of the molecule is CCN1C(=O)C(CC(=O)Nc2cc(C)ccc2OC)SC1=Nc1ccccc1F. The van der Waals surface area contributed by atoms with Crippen molar-refractivity contribution < 1.29 is 18.7 Å². The fourth-order valence-electron chi connectivity index (χ4n) is 2.95. The lowest BCUT2D eigenvalue weighted by Gasteiger charge is -2.14. The summed E-state index contributed by atoms with van der Waals surface area (Å²) in [7, 11) is 1.53. The molecular weight excluding hydrogens is 393 g/mol. The van der Waals surface area contributed by atoms with Gasteiger partial charge in [0.25, 0.3) is 0 Å². The van der Waals surface area contributed by atoms with E-state index in [1.54, 1.807) is 24.3 Å². The lowest BCUT2D eigenvalue weighted by Crippen LogP contribution is -2.33. The Kier molecular flexibility index (Phi) is 6.53. The number of anilines is 1. The van der Waals surface area contributed by atoms with Crippen molar-refractivity contribution in [2.75, 3.05) is 19.0 Å². The average molecular weight is 415 g/mol. The second-order valence-corrected chi connectivity index (χ2v) is 7.66. The van der Waals surface area contributed by atoms with Gasteiger partial charge < -0.3 is 10.1 Å². The maximum absolute atomic E-state index is 13.9. The molecule has 0 bridgehead atoms. The number of thioether (sulfide) groups is 1. The molecule has 1 N–H and O–H groups in total. The van der Waals surface area contributed by atoms with Crippen molar-refractivity contribution in [3.63, 3.8) is 0 Å². The number of hydrogen-bond donors (Lipinski definition) is 1. The molecule has 0 radical (unpaired) electrons. The highest BCUT2D eigenvalue weighted by molar-refractivity contribution is 8.15. The minimum Gasteiger partial charge on any atom is -0.495 e. The Morgan fingerprint density at radius 2 is 2.07 bits per heavy atom. The van der Waals surface area contributed by atoms with Gasteiger partial charge in [-0.2, -0.15) is 0 Å². The van der Waals surface area contributed by atoms with Crippen LogP contribution in [0.3, 0.4) is 0 Å². The van der Waals surface area contributed by atoms with Crippen LogP contribution in [0.15, 0.2) is 47.5 Å². The highest BCUT2D eigenvalue weighted by Gasteiger charge is 2.38. The fraction of sp³-hybridized carbons (Fsp3) is 0.286. The summed E-state index contributed by atoms with van der Waals surface area (Å²) in [6.07, 6.45) is -0.0204. The van der Waals surface area contributed by atoms with Crippen molar-refractivity contribution in [2.24, 2.45) is 4.99 Å². The Balaban J connectivity index is 1.75. The molecule has 29 heavy (non-hydrogen) atoms. The number of nitrogens with one attached hydrogen (secondary N) is 1. The van der Waals surface area contributed by atoms with Crippen LogP contribution >= 0.6 is 11.8 Å². The molecule has 152 valence electrons. The molecule has 2 amide bonds. The molecule has 1 unspecified atom stereocenters. The molecular formula is C21H22FN3O3S. The number of hydrogen-bond acceptors (Lipinski definition) is 5. The van der Waals surface area contributed by atoms with Gasteiger partial charge in [0.2, 0.25) is 11.8 Å². The summed E-state index contributed by atoms with van der Waals surface area (Å²) >= 11 is 1.17. The average Bonchev–Trinajstić information content (AvgIpc) is 2.98. The molecule has 1 fully saturated rings. The standard InChI is InChI=1S/C21H22FN3O3S/c1-4-25-20(27)18(29-21(25)24-15-8-6-5-7-14(15)22)12-19(26)23-16-11-13(2)9-10-17(16)28-3/h5-11,18H,4,12H2,1-3H3,(H,23,26). The van der Waals surface area contributed by atoms with Crippen LogP contribution in [-0.2, 0) is 9.59 Å². The molecule has 1 saturated heterocycles. The number of amidine groups is 1. The molecule has 6 nitrogen and oxygen atoms in total. The van der Waals surface area contributed by atoms with Crippen LogP contribution in [0, 0.1) is 12.7 Å². The van der Waals surface area contributed by atoms with E-state index in [9.17, 15) is 14.0 Å². The molecule has 1 aliphatic heterocycles. The van der Waals surface area contributed by atoms with Crippen molar-refractivity contribution in [1.29, 1.82) is 0 Å². The first-order valence-corrected chi connectivity index (χ1v) is 10.1. The minimum atomic E-state index is -0.615. The fourth-order valence-corrected chi connectivity index (χ4v) is 4.17. The molecule has 2 aromatic carbocycles. The third-order valence-corrected chi connectivity index (χ3v) is 5.58. The normalized spacial score (nSPS) is 17.7. The number of carbonyl (C=O) groups is 2. The lowest BCUT2D eigenvalue weighted by molar-refractivity contribution is -0.128. The summed E-state index contributed by atoms with van der Waals surface area (Å²) in [5.41, 5.74) is 1.69. The smallest absolute Gasteiger partial charge is 0.242 e. The molecule has 0 saturated carbocycles. The maximum atomic E-state index is 13.9. The zero-order valence-corrected chi connectivity index (χ0v) is 17.3. The van der Waals surface area contributed by atoms with E-state index in [1.165, 1.54) is 29.8 Å². The predicted octanol–water partition coefficient (Wildman–Crippen LogP) is 4.12. The number of aliphatic imine (C=N–C) groups is 1. The minimum absolute atomic E-state index is 0.0204. The number of benzene rings is 2. The van der Waals surface area contributed by atoms with Crippen molar-refractivity contribution in [1.82, 2.24) is 4.90 Å². The van der Waals surface area contributed by atoms with Crippen molar-refractivity contribution in [3.8, 4) is 5.75 Å². The number of halogens is 1. The summed E-state index contributed by atoms with van der Waals surface area (Å²) in [6.45, 7) is 4.12. The highest BCUT2D eigenvalue weighted by Crippen LogP contribution is 2.33. The van der Waals surface area contributed by atoms with Crippen LogP contribution in [0.5, 0.6) is 5.75 Å².